The van der Waals surface area contributed by atoms with Crippen LogP contribution in [-0.4, -0.2) is 33.3 Å². The highest BCUT2D eigenvalue weighted by molar-refractivity contribution is 5.84. The molecule has 1 aromatic carbocycles. The van der Waals surface area contributed by atoms with E-state index < -0.39 is 0 Å². The van der Waals surface area contributed by atoms with Gasteiger partial charge in [-0.05, 0) is 44.6 Å². The summed E-state index contributed by atoms with van der Waals surface area (Å²) in [5.41, 5.74) is 6.32. The van der Waals surface area contributed by atoms with Gasteiger partial charge in [0, 0.05) is 42.8 Å². The van der Waals surface area contributed by atoms with Crippen LogP contribution in [0.5, 0.6) is 0 Å². The van der Waals surface area contributed by atoms with Gasteiger partial charge in [-0.1, -0.05) is 18.2 Å². The predicted octanol–water partition coefficient (Wildman–Crippen LogP) is 2.80. The smallest absolute Gasteiger partial charge is 0.0768 e. The third-order valence-electron chi connectivity index (χ3n) is 4.87. The fraction of sp³-hybridized carbons (Fsp3) is 0.421. The molecule has 5 nitrogen and oxygen atoms in total. The van der Waals surface area contributed by atoms with Gasteiger partial charge >= 0.3 is 0 Å². The maximum atomic E-state index is 4.78. The maximum absolute atomic E-state index is 4.78. The summed E-state index contributed by atoms with van der Waals surface area (Å²) in [4.78, 5) is 5.89. The zero-order chi connectivity index (χ0) is 16.5. The second-order valence-electron chi connectivity index (χ2n) is 6.83. The first-order valence-corrected chi connectivity index (χ1v) is 8.72. The second kappa shape index (κ2) is 6.42. The van der Waals surface area contributed by atoms with Gasteiger partial charge in [-0.15, -0.1) is 0 Å². The van der Waals surface area contributed by atoms with Crippen LogP contribution in [0.4, 0.5) is 0 Å². The molecule has 2 aromatic heterocycles. The van der Waals surface area contributed by atoms with E-state index >= 15 is 0 Å². The molecule has 3 heterocycles. The van der Waals surface area contributed by atoms with E-state index in [9.17, 15) is 0 Å². The molecule has 0 fully saturated rings. The van der Waals surface area contributed by atoms with E-state index in [2.05, 4.69) is 64.2 Å². The Morgan fingerprint density at radius 2 is 2.12 bits per heavy atom. The summed E-state index contributed by atoms with van der Waals surface area (Å²) in [6.07, 6.45) is 1.15. The topological polar surface area (TPSA) is 48.9 Å². The molecule has 0 amide bonds. The average Bonchev–Trinajstić information content (AvgIpc) is 3.01. The number of aromatic amines is 1. The molecule has 0 atom stereocenters. The quantitative estimate of drug-likeness (QED) is 0.776. The highest BCUT2D eigenvalue weighted by atomic mass is 15.3. The van der Waals surface area contributed by atoms with Crippen molar-refractivity contribution in [3.05, 3.63) is 53.0 Å². The van der Waals surface area contributed by atoms with Crippen LogP contribution < -0.4 is 5.32 Å². The van der Waals surface area contributed by atoms with E-state index in [4.69, 9.17) is 5.10 Å². The Morgan fingerprint density at radius 1 is 1.25 bits per heavy atom. The number of aromatic nitrogens is 3. The molecular weight excluding hydrogens is 298 g/mol. The van der Waals surface area contributed by atoms with Crippen molar-refractivity contribution in [2.45, 2.75) is 39.5 Å². The summed E-state index contributed by atoms with van der Waals surface area (Å²) >= 11 is 0. The standard InChI is InChI=1S/C19H25N5/c1-14-17-6-3-4-7-18(17)21-19(14)13-23(2)12-15-10-16-11-20-8-5-9-24(16)22-15/h3-4,6-7,10,20-21H,5,8-9,11-13H2,1-2H3. The number of H-pyrrole nitrogens is 1. The molecule has 0 bridgehead atoms. The van der Waals surface area contributed by atoms with Crippen molar-refractivity contribution in [3.63, 3.8) is 0 Å². The zero-order valence-electron chi connectivity index (χ0n) is 14.5. The minimum Gasteiger partial charge on any atom is -0.357 e. The summed E-state index contributed by atoms with van der Waals surface area (Å²) in [7, 11) is 2.16. The lowest BCUT2D eigenvalue weighted by atomic mass is 10.1. The van der Waals surface area contributed by atoms with Crippen molar-refractivity contribution in [1.29, 1.82) is 0 Å². The first-order valence-electron chi connectivity index (χ1n) is 8.72. The fourth-order valence-corrected chi connectivity index (χ4v) is 3.60. The molecule has 1 aliphatic rings. The Kier molecular flexibility index (Phi) is 4.12. The Bertz CT molecular complexity index is 821. The molecule has 0 saturated carbocycles. The Hall–Kier alpha value is -2.11. The summed E-state index contributed by atoms with van der Waals surface area (Å²) in [6.45, 7) is 7.01. The van der Waals surface area contributed by atoms with Crippen molar-refractivity contribution in [3.8, 4) is 0 Å². The first-order chi connectivity index (χ1) is 11.7. The molecule has 24 heavy (non-hydrogen) atoms. The third-order valence-corrected chi connectivity index (χ3v) is 4.87. The van der Waals surface area contributed by atoms with Gasteiger partial charge in [-0.25, -0.2) is 0 Å². The van der Waals surface area contributed by atoms with Crippen molar-refractivity contribution < 1.29 is 0 Å². The van der Waals surface area contributed by atoms with Gasteiger partial charge in [0.2, 0.25) is 0 Å². The maximum Gasteiger partial charge on any atom is 0.0768 e. The van der Waals surface area contributed by atoms with Crippen LogP contribution in [0.1, 0.15) is 29.1 Å². The van der Waals surface area contributed by atoms with Gasteiger partial charge in [0.25, 0.3) is 0 Å². The Labute approximate surface area is 142 Å². The van der Waals surface area contributed by atoms with Gasteiger partial charge in [0.15, 0.2) is 0 Å². The molecule has 0 spiro atoms. The van der Waals surface area contributed by atoms with E-state index in [1.54, 1.807) is 0 Å². The minimum absolute atomic E-state index is 0.870. The lowest BCUT2D eigenvalue weighted by molar-refractivity contribution is 0.309. The zero-order valence-corrected chi connectivity index (χ0v) is 14.5. The van der Waals surface area contributed by atoms with Crippen LogP contribution in [-0.2, 0) is 26.2 Å². The van der Waals surface area contributed by atoms with Crippen LogP contribution >= 0.6 is 0 Å². The molecule has 0 unspecified atom stereocenters. The molecule has 1 aliphatic heterocycles. The van der Waals surface area contributed by atoms with E-state index in [0.29, 0.717) is 0 Å². The Balaban J connectivity index is 1.48. The van der Waals surface area contributed by atoms with Gasteiger partial charge < -0.3 is 10.3 Å². The van der Waals surface area contributed by atoms with Crippen molar-refractivity contribution in [2.75, 3.05) is 13.6 Å². The summed E-state index contributed by atoms with van der Waals surface area (Å²) in [5.74, 6) is 0. The van der Waals surface area contributed by atoms with Crippen LogP contribution in [0, 0.1) is 6.92 Å². The van der Waals surface area contributed by atoms with Crippen molar-refractivity contribution >= 4 is 10.9 Å². The summed E-state index contributed by atoms with van der Waals surface area (Å²) < 4.78 is 2.16. The summed E-state index contributed by atoms with van der Waals surface area (Å²) in [5, 5.41) is 9.56. The van der Waals surface area contributed by atoms with Crippen LogP contribution in [0.3, 0.4) is 0 Å². The number of fused-ring (bicyclic) bond motifs is 2. The van der Waals surface area contributed by atoms with E-state index in [1.165, 1.54) is 27.9 Å². The molecular formula is C19H25N5. The predicted molar refractivity (Wildman–Crippen MR) is 96.8 cm³/mol. The largest absolute Gasteiger partial charge is 0.357 e. The molecule has 0 radical (unpaired) electrons. The number of aryl methyl sites for hydroxylation is 2. The number of nitrogens with one attached hydrogen (secondary N) is 2. The normalized spacial score (nSPS) is 15.0. The number of nitrogens with zero attached hydrogens (tertiary/aromatic N) is 3. The molecule has 4 rings (SSSR count). The number of benzene rings is 1. The van der Waals surface area contributed by atoms with Crippen molar-refractivity contribution in [2.24, 2.45) is 0 Å². The van der Waals surface area contributed by atoms with Crippen molar-refractivity contribution in [1.82, 2.24) is 25.0 Å². The second-order valence-corrected chi connectivity index (χ2v) is 6.83. The van der Waals surface area contributed by atoms with E-state index in [-0.39, 0.29) is 0 Å². The lowest BCUT2D eigenvalue weighted by Gasteiger charge is -2.15. The van der Waals surface area contributed by atoms with Crippen LogP contribution in [0.25, 0.3) is 10.9 Å². The van der Waals surface area contributed by atoms with E-state index in [0.717, 1.165) is 44.8 Å². The van der Waals surface area contributed by atoms with Gasteiger partial charge in [-0.3, -0.25) is 9.58 Å². The first kappa shape index (κ1) is 15.4. The van der Waals surface area contributed by atoms with Crippen LogP contribution in [0.2, 0.25) is 0 Å². The molecule has 126 valence electrons. The lowest BCUT2D eigenvalue weighted by Crippen LogP contribution is -2.18. The average molecular weight is 323 g/mol. The van der Waals surface area contributed by atoms with Gasteiger partial charge in [0.1, 0.15) is 0 Å². The SMILES string of the molecule is Cc1c(CN(C)Cc2cc3n(n2)CCCNC3)[nH]c2ccccc12. The third kappa shape index (κ3) is 2.97. The number of hydrogen-bond acceptors (Lipinski definition) is 3. The molecule has 5 heteroatoms. The molecule has 2 N–H and O–H groups in total. The number of rotatable bonds is 4. The summed E-state index contributed by atoms with van der Waals surface area (Å²) in [6, 6.07) is 10.8. The van der Waals surface area contributed by atoms with Crippen LogP contribution in [0.15, 0.2) is 30.3 Å². The fourth-order valence-electron chi connectivity index (χ4n) is 3.60. The van der Waals surface area contributed by atoms with E-state index in [1.807, 2.05) is 0 Å². The van der Waals surface area contributed by atoms with Gasteiger partial charge in [-0.2, -0.15) is 5.10 Å². The molecule has 3 aromatic rings. The monoisotopic (exact) mass is 323 g/mol. The van der Waals surface area contributed by atoms with Gasteiger partial charge in [0.05, 0.1) is 11.4 Å². The Morgan fingerprint density at radius 3 is 3.00 bits per heavy atom. The highest BCUT2D eigenvalue weighted by Gasteiger charge is 2.14. The highest BCUT2D eigenvalue weighted by Crippen LogP contribution is 2.22. The number of para-hydroxylation sites is 1. The minimum atomic E-state index is 0.870. The molecule has 0 aliphatic carbocycles. The molecule has 0 saturated heterocycles. The number of hydrogen-bond donors (Lipinski definition) is 2.